The van der Waals surface area contributed by atoms with Crippen LogP contribution in [0.2, 0.25) is 0 Å². The first-order valence-electron chi connectivity index (χ1n) is 7.94. The SMILES string of the molecule is Nc1nc2c(c(=O)[nH]1)n(CC1CC1)c(=O)n2C1CC(O)C(CO)O1. The molecule has 130 valence electrons. The molecule has 10 nitrogen and oxygen atoms in total. The van der Waals surface area contributed by atoms with Crippen LogP contribution in [0.1, 0.15) is 25.5 Å². The van der Waals surface area contributed by atoms with Gasteiger partial charge < -0.3 is 20.7 Å². The van der Waals surface area contributed by atoms with E-state index < -0.39 is 29.7 Å². The zero-order chi connectivity index (χ0) is 17.0. The minimum Gasteiger partial charge on any atom is -0.394 e. The molecule has 0 spiro atoms. The van der Waals surface area contributed by atoms with Gasteiger partial charge in [0, 0.05) is 13.0 Å². The predicted molar refractivity (Wildman–Crippen MR) is 83.4 cm³/mol. The average molecular weight is 337 g/mol. The van der Waals surface area contributed by atoms with Crippen LogP contribution in [-0.2, 0) is 11.3 Å². The highest BCUT2D eigenvalue weighted by Gasteiger charge is 2.37. The maximum absolute atomic E-state index is 12.9. The van der Waals surface area contributed by atoms with Crippen LogP contribution in [0.5, 0.6) is 0 Å². The summed E-state index contributed by atoms with van der Waals surface area (Å²) in [6.07, 6.45) is -0.311. The molecule has 1 aliphatic carbocycles. The third-order valence-electron chi connectivity index (χ3n) is 4.64. The summed E-state index contributed by atoms with van der Waals surface area (Å²) in [4.78, 5) is 31.7. The number of aromatic amines is 1. The predicted octanol–water partition coefficient (Wildman–Crippen LogP) is -1.48. The number of H-pyrrole nitrogens is 1. The van der Waals surface area contributed by atoms with Crippen LogP contribution in [0, 0.1) is 5.92 Å². The van der Waals surface area contributed by atoms with Crippen molar-refractivity contribution in [2.45, 2.75) is 44.2 Å². The number of aliphatic hydroxyl groups is 2. The zero-order valence-corrected chi connectivity index (χ0v) is 12.9. The first kappa shape index (κ1) is 15.4. The van der Waals surface area contributed by atoms with E-state index in [9.17, 15) is 19.8 Å². The second-order valence-corrected chi connectivity index (χ2v) is 6.44. The highest BCUT2D eigenvalue weighted by molar-refractivity contribution is 5.71. The summed E-state index contributed by atoms with van der Waals surface area (Å²) in [5.41, 5.74) is 5.02. The number of nitrogens with two attached hydrogens (primary N) is 1. The monoisotopic (exact) mass is 337 g/mol. The number of aromatic nitrogens is 4. The molecule has 1 saturated carbocycles. The number of hydrogen-bond donors (Lipinski definition) is 4. The van der Waals surface area contributed by atoms with Crippen LogP contribution in [0.25, 0.3) is 11.2 Å². The lowest BCUT2D eigenvalue weighted by Gasteiger charge is -2.12. The van der Waals surface area contributed by atoms with Crippen LogP contribution >= 0.6 is 0 Å². The first-order valence-corrected chi connectivity index (χ1v) is 7.94. The van der Waals surface area contributed by atoms with Gasteiger partial charge in [-0.15, -0.1) is 0 Å². The van der Waals surface area contributed by atoms with Gasteiger partial charge in [0.25, 0.3) is 5.56 Å². The van der Waals surface area contributed by atoms with E-state index in [0.29, 0.717) is 12.5 Å². The van der Waals surface area contributed by atoms with Crippen molar-refractivity contribution in [1.29, 1.82) is 0 Å². The molecule has 2 aromatic rings. The second-order valence-electron chi connectivity index (χ2n) is 6.44. The van der Waals surface area contributed by atoms with E-state index in [2.05, 4.69) is 9.97 Å². The molecule has 2 fully saturated rings. The topological polar surface area (TPSA) is 148 Å². The Morgan fingerprint density at radius 3 is 2.75 bits per heavy atom. The molecule has 0 radical (unpaired) electrons. The standard InChI is InChI=1S/C14H19N5O5/c15-13-16-11-10(12(22)17-13)18(4-6-1-2-6)14(23)19(11)9-3-7(21)8(5-20)24-9/h6-9,20-21H,1-5H2,(H3,15,16,17,22). The lowest BCUT2D eigenvalue weighted by molar-refractivity contribution is -0.0443. The van der Waals surface area contributed by atoms with Crippen LogP contribution in [-0.4, -0.2) is 48.1 Å². The van der Waals surface area contributed by atoms with E-state index in [-0.39, 0.29) is 30.1 Å². The summed E-state index contributed by atoms with van der Waals surface area (Å²) in [6.45, 7) is 0.0823. The van der Waals surface area contributed by atoms with E-state index in [1.807, 2.05) is 0 Å². The van der Waals surface area contributed by atoms with Crippen molar-refractivity contribution < 1.29 is 14.9 Å². The Morgan fingerprint density at radius 2 is 2.12 bits per heavy atom. The number of nitrogen functional groups attached to an aromatic ring is 1. The Morgan fingerprint density at radius 1 is 1.38 bits per heavy atom. The number of imidazole rings is 1. The minimum absolute atomic E-state index is 0.0953. The zero-order valence-electron chi connectivity index (χ0n) is 12.9. The second kappa shape index (κ2) is 5.43. The molecule has 0 bridgehead atoms. The largest absolute Gasteiger partial charge is 0.394 e. The van der Waals surface area contributed by atoms with E-state index >= 15 is 0 Å². The van der Waals surface area contributed by atoms with E-state index in [4.69, 9.17) is 10.5 Å². The molecule has 1 aliphatic heterocycles. The third-order valence-corrected chi connectivity index (χ3v) is 4.64. The number of rotatable bonds is 4. The van der Waals surface area contributed by atoms with Gasteiger partial charge in [0.15, 0.2) is 11.2 Å². The Labute approximate surface area is 135 Å². The number of nitrogens with one attached hydrogen (secondary N) is 1. The van der Waals surface area contributed by atoms with Crippen LogP contribution in [0.4, 0.5) is 5.95 Å². The van der Waals surface area contributed by atoms with Gasteiger partial charge in [-0.05, 0) is 18.8 Å². The average Bonchev–Trinajstić information content (AvgIpc) is 3.20. The molecule has 2 aromatic heterocycles. The van der Waals surface area contributed by atoms with Gasteiger partial charge in [0.2, 0.25) is 5.95 Å². The van der Waals surface area contributed by atoms with E-state index in [0.717, 1.165) is 12.8 Å². The van der Waals surface area contributed by atoms with Crippen molar-refractivity contribution in [1.82, 2.24) is 19.1 Å². The fraction of sp³-hybridized carbons (Fsp3) is 0.643. The van der Waals surface area contributed by atoms with E-state index in [1.54, 1.807) is 0 Å². The third kappa shape index (κ3) is 2.34. The van der Waals surface area contributed by atoms with Crippen LogP contribution in [0.3, 0.4) is 0 Å². The van der Waals surface area contributed by atoms with Crippen LogP contribution < -0.4 is 17.0 Å². The van der Waals surface area contributed by atoms with Crippen molar-refractivity contribution in [3.8, 4) is 0 Å². The highest BCUT2D eigenvalue weighted by atomic mass is 16.5. The maximum atomic E-state index is 12.9. The summed E-state index contributed by atoms with van der Waals surface area (Å²) in [6, 6.07) is 0. The molecule has 5 N–H and O–H groups in total. The molecule has 4 rings (SSSR count). The first-order chi connectivity index (χ1) is 11.5. The van der Waals surface area contributed by atoms with Gasteiger partial charge in [0.1, 0.15) is 12.3 Å². The van der Waals surface area contributed by atoms with Gasteiger partial charge in [-0.25, -0.2) is 9.36 Å². The molecular formula is C14H19N5O5. The molecule has 10 heteroatoms. The number of aliphatic hydroxyl groups excluding tert-OH is 2. The number of ether oxygens (including phenoxy) is 1. The highest BCUT2D eigenvalue weighted by Crippen LogP contribution is 2.32. The number of anilines is 1. The quantitative estimate of drug-likeness (QED) is 0.531. The Balaban J connectivity index is 1.90. The molecule has 3 heterocycles. The van der Waals surface area contributed by atoms with Gasteiger partial charge in [-0.1, -0.05) is 0 Å². The Kier molecular flexibility index (Phi) is 3.48. The molecule has 0 amide bonds. The number of fused-ring (bicyclic) bond motifs is 1. The van der Waals surface area contributed by atoms with Gasteiger partial charge in [0.05, 0.1) is 12.7 Å². The van der Waals surface area contributed by atoms with Crippen molar-refractivity contribution >= 4 is 17.1 Å². The van der Waals surface area contributed by atoms with Crippen molar-refractivity contribution in [2.75, 3.05) is 12.3 Å². The fourth-order valence-electron chi connectivity index (χ4n) is 3.22. The summed E-state index contributed by atoms with van der Waals surface area (Å²) >= 11 is 0. The lowest BCUT2D eigenvalue weighted by atomic mass is 10.2. The van der Waals surface area contributed by atoms with E-state index in [1.165, 1.54) is 9.13 Å². The fourth-order valence-corrected chi connectivity index (χ4v) is 3.22. The van der Waals surface area contributed by atoms with Crippen molar-refractivity contribution in [3.63, 3.8) is 0 Å². The maximum Gasteiger partial charge on any atom is 0.332 e. The van der Waals surface area contributed by atoms with Gasteiger partial charge in [-0.3, -0.25) is 14.3 Å². The molecule has 3 unspecified atom stereocenters. The summed E-state index contributed by atoms with van der Waals surface area (Å²) in [5, 5.41) is 19.2. The summed E-state index contributed by atoms with van der Waals surface area (Å²) in [5.74, 6) is 0.279. The number of nitrogens with zero attached hydrogens (tertiary/aromatic N) is 3. The smallest absolute Gasteiger partial charge is 0.332 e. The Hall–Kier alpha value is -2.17. The molecule has 24 heavy (non-hydrogen) atoms. The normalized spacial score (nSPS) is 27.2. The summed E-state index contributed by atoms with van der Waals surface area (Å²) in [7, 11) is 0. The molecule has 2 aliphatic rings. The van der Waals surface area contributed by atoms with Gasteiger partial charge >= 0.3 is 5.69 Å². The van der Waals surface area contributed by atoms with Crippen LogP contribution in [0.15, 0.2) is 9.59 Å². The van der Waals surface area contributed by atoms with Crippen molar-refractivity contribution in [3.05, 3.63) is 20.8 Å². The Bertz CT molecular complexity index is 895. The molecule has 0 aromatic carbocycles. The van der Waals surface area contributed by atoms with Gasteiger partial charge in [-0.2, -0.15) is 4.98 Å². The minimum atomic E-state index is -0.895. The molecule has 3 atom stereocenters. The number of hydrogen-bond acceptors (Lipinski definition) is 7. The molecule has 1 saturated heterocycles. The molecular weight excluding hydrogens is 318 g/mol. The lowest BCUT2D eigenvalue weighted by Crippen LogP contribution is -2.29. The summed E-state index contributed by atoms with van der Waals surface area (Å²) < 4.78 is 8.22. The van der Waals surface area contributed by atoms with Crippen molar-refractivity contribution in [2.24, 2.45) is 5.92 Å².